The van der Waals surface area contributed by atoms with Gasteiger partial charge in [0.1, 0.15) is 6.04 Å². The Balaban J connectivity index is 1.85. The molecule has 1 aliphatic heterocycles. The summed E-state index contributed by atoms with van der Waals surface area (Å²) in [7, 11) is 1.59. The monoisotopic (exact) mass is 405 g/mol. The lowest BCUT2D eigenvalue weighted by Crippen LogP contribution is -2.50. The van der Waals surface area contributed by atoms with Crippen molar-refractivity contribution in [1.82, 2.24) is 15.5 Å². The van der Waals surface area contributed by atoms with E-state index in [1.807, 2.05) is 19.1 Å². The summed E-state index contributed by atoms with van der Waals surface area (Å²) < 4.78 is 0. The molecule has 5 atom stereocenters. The van der Waals surface area contributed by atoms with Gasteiger partial charge in [-0.15, -0.1) is 0 Å². The minimum absolute atomic E-state index is 0.0559. The molecular weight excluding hydrogens is 370 g/mol. The third-order valence-corrected chi connectivity index (χ3v) is 6.85. The number of likely N-dealkylation sites (tertiary alicyclic amines) is 1. The Bertz CT molecular complexity index is 644. The summed E-state index contributed by atoms with van der Waals surface area (Å²) in [6.45, 7) is 2.44. The van der Waals surface area contributed by atoms with E-state index in [1.54, 1.807) is 11.9 Å². The van der Waals surface area contributed by atoms with E-state index in [4.69, 9.17) is 5.11 Å². The first-order valence-electron chi connectivity index (χ1n) is 11.1. The van der Waals surface area contributed by atoms with E-state index in [1.165, 1.54) is 6.42 Å². The maximum absolute atomic E-state index is 13.4. The zero-order chi connectivity index (χ0) is 21.0. The van der Waals surface area contributed by atoms with Crippen LogP contribution in [0.2, 0.25) is 0 Å². The van der Waals surface area contributed by atoms with E-state index < -0.39 is 17.9 Å². The van der Waals surface area contributed by atoms with Crippen molar-refractivity contribution in [2.24, 2.45) is 23.7 Å². The lowest BCUT2D eigenvalue weighted by Gasteiger charge is -2.33. The molecule has 0 aromatic heterocycles. The summed E-state index contributed by atoms with van der Waals surface area (Å²) in [6, 6.07) is -0.407. The average Bonchev–Trinajstić information content (AvgIpc) is 3.00. The molecule has 7 heteroatoms. The highest BCUT2D eigenvalue weighted by Gasteiger charge is 2.56. The summed E-state index contributed by atoms with van der Waals surface area (Å²) in [5, 5.41) is 15.0. The van der Waals surface area contributed by atoms with Crippen LogP contribution in [0, 0.1) is 23.7 Å². The Morgan fingerprint density at radius 1 is 1.14 bits per heavy atom. The van der Waals surface area contributed by atoms with E-state index in [2.05, 4.69) is 10.6 Å². The number of unbranched alkanes of at least 4 members (excludes halogenated alkanes) is 1. The number of hydrogen-bond donors (Lipinski definition) is 3. The van der Waals surface area contributed by atoms with Crippen LogP contribution in [-0.4, -0.2) is 60.0 Å². The van der Waals surface area contributed by atoms with Crippen LogP contribution in [0.4, 0.5) is 0 Å². The smallest absolute Gasteiger partial charge is 0.243 e. The molecule has 0 bridgehead atoms. The number of hydrogen-bond acceptors (Lipinski definition) is 4. The second-order valence-electron chi connectivity index (χ2n) is 8.74. The third-order valence-electron chi connectivity index (χ3n) is 6.85. The largest absolute Gasteiger partial charge is 0.396 e. The van der Waals surface area contributed by atoms with Crippen LogP contribution in [0.15, 0.2) is 12.2 Å². The molecule has 0 aromatic rings. The number of aliphatic hydroxyl groups is 1. The number of carbonyl (C=O) groups excluding carboxylic acids is 3. The fraction of sp³-hybridized carbons (Fsp3) is 0.773. The van der Waals surface area contributed by atoms with Crippen molar-refractivity contribution >= 4 is 17.7 Å². The lowest BCUT2D eigenvalue weighted by molar-refractivity contribution is -0.140. The second kappa shape index (κ2) is 9.74. The summed E-state index contributed by atoms with van der Waals surface area (Å²) in [6.07, 6.45) is 10.6. The van der Waals surface area contributed by atoms with Gasteiger partial charge in [0.25, 0.3) is 0 Å². The van der Waals surface area contributed by atoms with Crippen molar-refractivity contribution in [2.45, 2.75) is 64.0 Å². The van der Waals surface area contributed by atoms with E-state index in [0.29, 0.717) is 19.4 Å². The van der Waals surface area contributed by atoms with Crippen molar-refractivity contribution in [2.75, 3.05) is 20.2 Å². The molecule has 3 aliphatic rings. The Hall–Kier alpha value is -1.89. The number of carbonyl (C=O) groups is 3. The quantitative estimate of drug-likeness (QED) is 0.438. The highest BCUT2D eigenvalue weighted by molar-refractivity contribution is 5.96. The van der Waals surface area contributed by atoms with Gasteiger partial charge in [-0.3, -0.25) is 14.4 Å². The number of allylic oxidation sites excluding steroid dienone is 1. The van der Waals surface area contributed by atoms with Crippen LogP contribution in [0.25, 0.3) is 0 Å². The molecule has 0 radical (unpaired) electrons. The molecule has 2 aliphatic carbocycles. The van der Waals surface area contributed by atoms with E-state index in [9.17, 15) is 14.4 Å². The molecule has 1 saturated carbocycles. The maximum Gasteiger partial charge on any atom is 0.243 e. The van der Waals surface area contributed by atoms with Crippen molar-refractivity contribution in [1.29, 1.82) is 0 Å². The summed E-state index contributed by atoms with van der Waals surface area (Å²) in [4.78, 5) is 40.9. The predicted octanol–water partition coefficient (Wildman–Crippen LogP) is 1.22. The first kappa shape index (κ1) is 21.8. The van der Waals surface area contributed by atoms with Crippen LogP contribution < -0.4 is 10.6 Å². The molecule has 3 amide bonds. The third kappa shape index (κ3) is 4.49. The molecule has 0 spiro atoms. The Kier molecular flexibility index (Phi) is 7.33. The van der Waals surface area contributed by atoms with Crippen molar-refractivity contribution in [3.05, 3.63) is 12.2 Å². The van der Waals surface area contributed by atoms with Gasteiger partial charge in [-0.25, -0.2) is 0 Å². The second-order valence-corrected chi connectivity index (χ2v) is 8.74. The Morgan fingerprint density at radius 2 is 1.86 bits per heavy atom. The van der Waals surface area contributed by atoms with Gasteiger partial charge >= 0.3 is 0 Å². The fourth-order valence-corrected chi connectivity index (χ4v) is 5.33. The van der Waals surface area contributed by atoms with Gasteiger partial charge in [-0.1, -0.05) is 38.3 Å². The summed E-state index contributed by atoms with van der Waals surface area (Å²) in [5.74, 6) is -1.67. The first-order valence-corrected chi connectivity index (χ1v) is 11.1. The summed E-state index contributed by atoms with van der Waals surface area (Å²) in [5.41, 5.74) is 0. The zero-order valence-electron chi connectivity index (χ0n) is 17.6. The molecule has 3 rings (SSSR count). The van der Waals surface area contributed by atoms with Crippen LogP contribution in [0.3, 0.4) is 0 Å². The number of amides is 3. The molecule has 3 N–H and O–H groups in total. The maximum atomic E-state index is 13.4. The van der Waals surface area contributed by atoms with Crippen molar-refractivity contribution in [3.63, 3.8) is 0 Å². The lowest BCUT2D eigenvalue weighted by atomic mass is 9.70. The minimum Gasteiger partial charge on any atom is -0.396 e. The number of rotatable bonds is 7. The molecular formula is C22H35N3O4. The van der Waals surface area contributed by atoms with Crippen LogP contribution in [0.1, 0.15) is 51.9 Å². The number of nitrogens with zero attached hydrogens (tertiary/aromatic N) is 1. The van der Waals surface area contributed by atoms with Crippen LogP contribution in [0.5, 0.6) is 0 Å². The molecule has 162 valence electrons. The highest BCUT2D eigenvalue weighted by Crippen LogP contribution is 2.44. The molecule has 0 aromatic carbocycles. The van der Waals surface area contributed by atoms with Gasteiger partial charge in [0.2, 0.25) is 17.7 Å². The van der Waals surface area contributed by atoms with Crippen molar-refractivity contribution in [3.8, 4) is 0 Å². The zero-order valence-corrected chi connectivity index (χ0v) is 17.6. The SMILES string of the molecule is CNC(=O)[C@H]1[C@@H]2C(=O)N(CCCCO)[C@H](C(=O)NC3CCCCC3)[C@H]2C=C[C@H]1C. The number of nitrogens with one attached hydrogen (secondary N) is 2. The molecule has 2 fully saturated rings. The number of fused-ring (bicyclic) bond motifs is 1. The van der Waals surface area contributed by atoms with Gasteiger partial charge in [0.15, 0.2) is 0 Å². The molecule has 1 heterocycles. The summed E-state index contributed by atoms with van der Waals surface area (Å²) >= 11 is 0. The van der Waals surface area contributed by atoms with E-state index >= 15 is 0 Å². The van der Waals surface area contributed by atoms with Gasteiger partial charge < -0.3 is 20.6 Å². The van der Waals surface area contributed by atoms with E-state index in [0.717, 1.165) is 25.7 Å². The topological polar surface area (TPSA) is 98.7 Å². The van der Waals surface area contributed by atoms with Crippen LogP contribution in [-0.2, 0) is 14.4 Å². The van der Waals surface area contributed by atoms with Gasteiger partial charge in [0, 0.05) is 32.2 Å². The molecule has 1 saturated heterocycles. The standard InChI is InChI=1S/C22H35N3O4/c1-14-10-11-16-18(17(14)20(27)23-2)22(29)25(12-6-7-13-26)19(16)21(28)24-15-8-4-3-5-9-15/h10-11,14-19,26H,3-9,12-13H2,1-2H3,(H,23,27)(H,24,28)/t14-,16+,17-,18-,19+/m1/s1. The number of aliphatic hydroxyl groups excluding tert-OH is 1. The highest BCUT2D eigenvalue weighted by atomic mass is 16.3. The van der Waals surface area contributed by atoms with E-state index in [-0.39, 0.29) is 42.2 Å². The Labute approximate surface area is 173 Å². The normalized spacial score (nSPS) is 32.2. The van der Waals surface area contributed by atoms with Crippen molar-refractivity contribution < 1.29 is 19.5 Å². The van der Waals surface area contributed by atoms with Crippen LogP contribution >= 0.6 is 0 Å². The van der Waals surface area contributed by atoms with Gasteiger partial charge in [0.05, 0.1) is 11.8 Å². The van der Waals surface area contributed by atoms with Gasteiger partial charge in [-0.05, 0) is 31.6 Å². The average molecular weight is 406 g/mol. The first-order chi connectivity index (χ1) is 14.0. The molecule has 7 nitrogen and oxygen atoms in total. The molecule has 0 unspecified atom stereocenters. The van der Waals surface area contributed by atoms with Gasteiger partial charge in [-0.2, -0.15) is 0 Å². The minimum atomic E-state index is -0.580. The Morgan fingerprint density at radius 3 is 2.52 bits per heavy atom. The predicted molar refractivity (Wildman–Crippen MR) is 110 cm³/mol. The molecule has 29 heavy (non-hydrogen) atoms. The fourth-order valence-electron chi connectivity index (χ4n) is 5.33.